The highest BCUT2D eigenvalue weighted by Gasteiger charge is 2.16. The van der Waals surface area contributed by atoms with E-state index in [1.54, 1.807) is 0 Å². The van der Waals surface area contributed by atoms with Crippen LogP contribution in [0.4, 0.5) is 0 Å². The van der Waals surface area contributed by atoms with E-state index in [-0.39, 0.29) is 0 Å². The summed E-state index contributed by atoms with van der Waals surface area (Å²) in [6.07, 6.45) is 0. The molecule has 0 atom stereocenters. The SMILES string of the molecule is O=P(=O)[SH](=O)(O)P(=O)=O. The van der Waals surface area contributed by atoms with Crippen molar-refractivity contribution in [3.05, 3.63) is 0 Å². The predicted octanol–water partition coefficient (Wildman–Crippen LogP) is 0.652. The van der Waals surface area contributed by atoms with E-state index in [2.05, 4.69) is 0 Å². The second-order valence-electron chi connectivity index (χ2n) is 0.989. The Morgan fingerprint density at radius 3 is 1.22 bits per heavy atom. The molecule has 54 valence electrons. The van der Waals surface area contributed by atoms with Gasteiger partial charge in [-0.1, -0.05) is 0 Å². The lowest BCUT2D eigenvalue weighted by atomic mass is 15.9. The molecule has 0 aliphatic rings. The van der Waals surface area contributed by atoms with Crippen molar-refractivity contribution in [1.29, 1.82) is 0 Å². The maximum absolute atomic E-state index is 9.98. The lowest BCUT2D eigenvalue weighted by Crippen LogP contribution is -1.88. The second kappa shape index (κ2) is 2.66. The molecule has 1 N–H and O–H groups in total. The van der Waals surface area contributed by atoms with Crippen molar-refractivity contribution >= 4 is 23.2 Å². The third-order valence-corrected chi connectivity index (χ3v) is 6.46. The maximum atomic E-state index is 9.98. The summed E-state index contributed by atoms with van der Waals surface area (Å²) in [6, 6.07) is 0. The average molecular weight is 192 g/mol. The molecular weight excluding hydrogens is 190 g/mol. The van der Waals surface area contributed by atoms with Gasteiger partial charge >= 0.3 is 13.8 Å². The third kappa shape index (κ3) is 1.95. The Morgan fingerprint density at radius 2 is 1.22 bits per heavy atom. The standard InChI is InChI=1S/H2O6P2S/c1-7(2)9(5,6)8(3)4/h9H,(H,5,6). The molecule has 0 aliphatic carbocycles. The van der Waals surface area contributed by atoms with Gasteiger partial charge in [0.1, 0.15) is 0 Å². The molecule has 0 aliphatic heterocycles. The van der Waals surface area contributed by atoms with Crippen molar-refractivity contribution in [1.82, 2.24) is 0 Å². The molecule has 0 fully saturated rings. The Balaban J connectivity index is 5.09. The highest BCUT2D eigenvalue weighted by molar-refractivity contribution is 8.74. The van der Waals surface area contributed by atoms with Gasteiger partial charge in [-0.05, 0) is 9.45 Å². The first-order valence-corrected chi connectivity index (χ1v) is 6.94. The van der Waals surface area contributed by atoms with E-state index in [9.17, 15) is 22.5 Å². The molecule has 0 heterocycles. The smallest absolute Gasteiger partial charge is 0.283 e. The quantitative estimate of drug-likeness (QED) is 0.491. The first-order chi connectivity index (χ1) is 3.89. The molecule has 0 spiro atoms. The number of hydrogen-bond acceptors (Lipinski definition) is 5. The molecule has 0 rings (SSSR count). The highest BCUT2D eigenvalue weighted by atomic mass is 33.1. The van der Waals surface area contributed by atoms with Crippen LogP contribution in [0.15, 0.2) is 0 Å². The molecule has 0 bridgehead atoms. The van der Waals surface area contributed by atoms with Crippen molar-refractivity contribution in [2.45, 2.75) is 0 Å². The summed E-state index contributed by atoms with van der Waals surface area (Å²) in [4.78, 5) is 0. The van der Waals surface area contributed by atoms with Crippen LogP contribution < -0.4 is 0 Å². The zero-order chi connectivity index (χ0) is 7.65. The van der Waals surface area contributed by atoms with Crippen LogP contribution in [0.5, 0.6) is 0 Å². The van der Waals surface area contributed by atoms with E-state index < -0.39 is 23.2 Å². The first kappa shape index (κ1) is 8.91. The van der Waals surface area contributed by atoms with Crippen LogP contribution in [0.2, 0.25) is 0 Å². The van der Waals surface area contributed by atoms with Crippen LogP contribution >= 0.6 is 13.8 Å². The first-order valence-electron chi connectivity index (χ1n) is 1.51. The summed E-state index contributed by atoms with van der Waals surface area (Å²) in [7, 11) is -4.93. The fourth-order valence-corrected chi connectivity index (χ4v) is 1.61. The minimum atomic E-state index is -4.93. The van der Waals surface area contributed by atoms with E-state index in [0.29, 0.717) is 0 Å². The normalized spacial score (nSPS) is 12.6. The predicted molar refractivity (Wildman–Crippen MR) is 28.8 cm³/mol. The van der Waals surface area contributed by atoms with Gasteiger partial charge in [0, 0.05) is 0 Å². The number of rotatable bonds is 2. The van der Waals surface area contributed by atoms with Crippen molar-refractivity contribution in [2.75, 3.05) is 0 Å². The topological polar surface area (TPSA) is 106 Å². The number of thiol groups is 1. The van der Waals surface area contributed by atoms with Crippen molar-refractivity contribution < 1.29 is 27.0 Å². The van der Waals surface area contributed by atoms with Crippen LogP contribution in [0, 0.1) is 0 Å². The molecule has 0 aromatic carbocycles. The minimum absolute atomic E-state index is 3.77. The van der Waals surface area contributed by atoms with Crippen LogP contribution in [-0.4, -0.2) is 8.76 Å². The van der Waals surface area contributed by atoms with Crippen molar-refractivity contribution in [3.8, 4) is 0 Å². The molecular formula is H2O6P2S. The zero-order valence-corrected chi connectivity index (χ0v) is 6.51. The van der Waals surface area contributed by atoms with Crippen molar-refractivity contribution in [2.24, 2.45) is 0 Å². The Bertz CT molecular complexity index is 237. The van der Waals surface area contributed by atoms with E-state index >= 15 is 0 Å². The lowest BCUT2D eigenvalue weighted by Gasteiger charge is -1.97. The van der Waals surface area contributed by atoms with E-state index in [4.69, 9.17) is 4.55 Å². The molecule has 0 amide bonds. The van der Waals surface area contributed by atoms with Crippen LogP contribution in [-0.2, 0) is 27.7 Å². The van der Waals surface area contributed by atoms with Gasteiger partial charge in [-0.15, -0.1) is 0 Å². The van der Waals surface area contributed by atoms with Gasteiger partial charge in [0.2, 0.25) is 0 Å². The van der Waals surface area contributed by atoms with E-state index in [1.165, 1.54) is 0 Å². The summed E-state index contributed by atoms with van der Waals surface area (Å²) >= 11 is 0. The van der Waals surface area contributed by atoms with E-state index in [0.717, 1.165) is 0 Å². The molecule has 0 aromatic heterocycles. The fraction of sp³-hybridized carbons (Fsp3) is 0. The maximum Gasteiger partial charge on any atom is 0.442 e. The summed E-state index contributed by atoms with van der Waals surface area (Å²) in [5, 5.41) is 0. The second-order valence-corrected chi connectivity index (χ2v) is 9.13. The van der Waals surface area contributed by atoms with Gasteiger partial charge in [-0.25, -0.2) is 18.3 Å². The summed E-state index contributed by atoms with van der Waals surface area (Å²) in [5.74, 6) is 0. The summed E-state index contributed by atoms with van der Waals surface area (Å²) in [5.41, 5.74) is 0. The van der Waals surface area contributed by atoms with Gasteiger partial charge in [-0.2, -0.15) is 4.21 Å². The summed E-state index contributed by atoms with van der Waals surface area (Å²) < 4.78 is 56.4. The third-order valence-electron chi connectivity index (χ3n) is 0.425. The minimum Gasteiger partial charge on any atom is -0.283 e. The van der Waals surface area contributed by atoms with Crippen LogP contribution in [0.1, 0.15) is 0 Å². The molecule has 6 nitrogen and oxygen atoms in total. The monoisotopic (exact) mass is 192 g/mol. The fourth-order valence-electron chi connectivity index (χ4n) is 0.0596. The molecule has 0 saturated carbocycles. The average Bonchev–Trinajstić information content (AvgIpc) is 1.65. The molecule has 0 aromatic rings. The Labute approximate surface area is 51.0 Å². The molecule has 0 radical (unpaired) electrons. The zero-order valence-electron chi connectivity index (χ0n) is 3.83. The molecule has 9 heavy (non-hydrogen) atoms. The van der Waals surface area contributed by atoms with Gasteiger partial charge in [-0.3, -0.25) is 4.55 Å². The number of hydrogen-bond donors (Lipinski definition) is 2. The van der Waals surface area contributed by atoms with Crippen LogP contribution in [0.3, 0.4) is 0 Å². The van der Waals surface area contributed by atoms with Crippen LogP contribution in [0.25, 0.3) is 0 Å². The van der Waals surface area contributed by atoms with E-state index in [1.807, 2.05) is 0 Å². The highest BCUT2D eigenvalue weighted by Crippen LogP contribution is 2.37. The van der Waals surface area contributed by atoms with Gasteiger partial charge in [0.15, 0.2) is 0 Å². The van der Waals surface area contributed by atoms with Gasteiger partial charge in [0.05, 0.1) is 0 Å². The summed E-state index contributed by atoms with van der Waals surface area (Å²) in [6.45, 7) is -7.54. The molecule has 0 saturated heterocycles. The lowest BCUT2D eigenvalue weighted by molar-refractivity contribution is 0.502. The molecule has 9 heteroatoms. The Hall–Kier alpha value is -0.0900. The van der Waals surface area contributed by atoms with Gasteiger partial charge < -0.3 is 0 Å². The molecule has 0 unspecified atom stereocenters. The van der Waals surface area contributed by atoms with Crippen molar-refractivity contribution in [3.63, 3.8) is 0 Å². The Kier molecular flexibility index (Phi) is 2.64. The van der Waals surface area contributed by atoms with Gasteiger partial charge in [0.25, 0.3) is 0 Å². The largest absolute Gasteiger partial charge is 0.442 e. The Morgan fingerprint density at radius 1 is 1.00 bits per heavy atom.